The van der Waals surface area contributed by atoms with Gasteiger partial charge in [0.25, 0.3) is 0 Å². The van der Waals surface area contributed by atoms with E-state index in [-0.39, 0.29) is 0 Å². The van der Waals surface area contributed by atoms with Gasteiger partial charge in [0.1, 0.15) is 5.60 Å². The van der Waals surface area contributed by atoms with E-state index in [1.54, 1.807) is 6.92 Å². The van der Waals surface area contributed by atoms with Gasteiger partial charge in [-0.1, -0.05) is 13.2 Å². The van der Waals surface area contributed by atoms with E-state index in [1.807, 2.05) is 20.8 Å². The Hall–Kier alpha value is -1.05. The number of ether oxygens (including phenoxy) is 1. The maximum absolute atomic E-state index is 11.2. The standard InChI is InChI=1S/C10H16O2/c1-7(2)8(3)9(11)12-10(4,5)6/h1,3H2,2,4-6H3. The fourth-order valence-electron chi connectivity index (χ4n) is 0.514. The summed E-state index contributed by atoms with van der Waals surface area (Å²) in [5.41, 5.74) is 0.518. The molecule has 0 saturated heterocycles. The Labute approximate surface area is 73.9 Å². The molecule has 0 aromatic rings. The highest BCUT2D eigenvalue weighted by Gasteiger charge is 2.18. The molecule has 0 radical (unpaired) electrons. The number of hydrogen-bond acceptors (Lipinski definition) is 2. The van der Waals surface area contributed by atoms with Crippen LogP contribution >= 0.6 is 0 Å². The second-order valence-electron chi connectivity index (χ2n) is 3.76. The molecule has 68 valence electrons. The molecule has 0 atom stereocenters. The zero-order chi connectivity index (χ0) is 9.94. The lowest BCUT2D eigenvalue weighted by Crippen LogP contribution is -2.24. The Kier molecular flexibility index (Phi) is 3.25. The SMILES string of the molecule is C=C(C)C(=C)C(=O)OC(C)(C)C. The Morgan fingerprint density at radius 3 is 1.92 bits per heavy atom. The van der Waals surface area contributed by atoms with E-state index < -0.39 is 11.6 Å². The summed E-state index contributed by atoms with van der Waals surface area (Å²) in [4.78, 5) is 11.2. The van der Waals surface area contributed by atoms with Gasteiger partial charge in [-0.15, -0.1) is 0 Å². The number of carbonyl (C=O) groups is 1. The zero-order valence-corrected chi connectivity index (χ0v) is 8.23. The Bertz CT molecular complexity index is 218. The largest absolute Gasteiger partial charge is 0.456 e. The van der Waals surface area contributed by atoms with Crippen molar-refractivity contribution >= 4 is 5.97 Å². The Morgan fingerprint density at radius 1 is 1.25 bits per heavy atom. The molecule has 0 aliphatic rings. The Morgan fingerprint density at radius 2 is 1.67 bits per heavy atom. The van der Waals surface area contributed by atoms with Crippen LogP contribution in [0.25, 0.3) is 0 Å². The third-order valence-corrected chi connectivity index (χ3v) is 1.16. The molecule has 2 heteroatoms. The molecule has 0 bridgehead atoms. The summed E-state index contributed by atoms with van der Waals surface area (Å²) in [6, 6.07) is 0. The summed E-state index contributed by atoms with van der Waals surface area (Å²) in [6.45, 7) is 14.3. The highest BCUT2D eigenvalue weighted by atomic mass is 16.6. The quantitative estimate of drug-likeness (QED) is 0.359. The van der Waals surface area contributed by atoms with Crippen LogP contribution in [0, 0.1) is 0 Å². The van der Waals surface area contributed by atoms with Gasteiger partial charge in [0.05, 0.1) is 5.57 Å². The molecule has 0 saturated carbocycles. The van der Waals surface area contributed by atoms with Gasteiger partial charge >= 0.3 is 5.97 Å². The second kappa shape index (κ2) is 3.57. The first-order valence-corrected chi connectivity index (χ1v) is 3.82. The van der Waals surface area contributed by atoms with Crippen molar-refractivity contribution in [3.8, 4) is 0 Å². The number of hydrogen-bond donors (Lipinski definition) is 0. The lowest BCUT2D eigenvalue weighted by Gasteiger charge is -2.20. The summed E-state index contributed by atoms with van der Waals surface area (Å²) in [5.74, 6) is -0.394. The number of carbonyl (C=O) groups excluding carboxylic acids is 1. The fourth-order valence-corrected chi connectivity index (χ4v) is 0.514. The third-order valence-electron chi connectivity index (χ3n) is 1.16. The van der Waals surface area contributed by atoms with E-state index in [1.165, 1.54) is 0 Å². The maximum Gasteiger partial charge on any atom is 0.338 e. The van der Waals surface area contributed by atoms with Gasteiger partial charge in [-0.25, -0.2) is 4.79 Å². The first-order valence-electron chi connectivity index (χ1n) is 3.82. The van der Waals surface area contributed by atoms with E-state index in [0.717, 1.165) is 0 Å². The van der Waals surface area contributed by atoms with Crippen LogP contribution in [-0.2, 0) is 9.53 Å². The molecule has 0 N–H and O–H groups in total. The van der Waals surface area contributed by atoms with Crippen molar-refractivity contribution in [1.29, 1.82) is 0 Å². The maximum atomic E-state index is 11.2. The van der Waals surface area contributed by atoms with Crippen LogP contribution in [0.4, 0.5) is 0 Å². The van der Waals surface area contributed by atoms with Crippen molar-refractivity contribution in [2.75, 3.05) is 0 Å². The van der Waals surface area contributed by atoms with Crippen LogP contribution in [0.3, 0.4) is 0 Å². The minimum absolute atomic E-state index is 0.338. The first-order chi connectivity index (χ1) is 5.24. The van der Waals surface area contributed by atoms with Crippen LogP contribution < -0.4 is 0 Å². The second-order valence-corrected chi connectivity index (χ2v) is 3.76. The molecular formula is C10H16O2. The van der Waals surface area contributed by atoms with Crippen LogP contribution in [-0.4, -0.2) is 11.6 Å². The van der Waals surface area contributed by atoms with Gasteiger partial charge in [-0.2, -0.15) is 0 Å². The summed E-state index contributed by atoms with van der Waals surface area (Å²) in [5, 5.41) is 0. The molecule has 0 heterocycles. The number of esters is 1. The molecule has 0 unspecified atom stereocenters. The van der Waals surface area contributed by atoms with E-state index >= 15 is 0 Å². The molecule has 0 aromatic carbocycles. The van der Waals surface area contributed by atoms with Crippen molar-refractivity contribution < 1.29 is 9.53 Å². The van der Waals surface area contributed by atoms with Crippen LogP contribution in [0.15, 0.2) is 24.3 Å². The Balaban J connectivity index is 4.25. The van der Waals surface area contributed by atoms with Gasteiger partial charge in [0.2, 0.25) is 0 Å². The predicted molar refractivity (Wildman–Crippen MR) is 49.8 cm³/mol. The highest BCUT2D eigenvalue weighted by molar-refractivity contribution is 5.92. The third kappa shape index (κ3) is 3.96. The van der Waals surface area contributed by atoms with Crippen LogP contribution in [0.2, 0.25) is 0 Å². The van der Waals surface area contributed by atoms with E-state index in [4.69, 9.17) is 4.74 Å². The van der Waals surface area contributed by atoms with Gasteiger partial charge in [0.15, 0.2) is 0 Å². The molecule has 0 aromatic heterocycles. The summed E-state index contributed by atoms with van der Waals surface area (Å²) < 4.78 is 5.06. The molecule has 12 heavy (non-hydrogen) atoms. The van der Waals surface area contributed by atoms with Gasteiger partial charge in [-0.05, 0) is 33.3 Å². The van der Waals surface area contributed by atoms with Crippen molar-refractivity contribution in [3.63, 3.8) is 0 Å². The molecule has 0 aliphatic heterocycles. The van der Waals surface area contributed by atoms with Gasteiger partial charge in [0, 0.05) is 0 Å². The van der Waals surface area contributed by atoms with Crippen molar-refractivity contribution in [3.05, 3.63) is 24.3 Å². The molecule has 0 fully saturated rings. The van der Waals surface area contributed by atoms with Crippen molar-refractivity contribution in [2.45, 2.75) is 33.3 Å². The molecule has 0 rings (SSSR count). The van der Waals surface area contributed by atoms with Gasteiger partial charge in [-0.3, -0.25) is 0 Å². The van der Waals surface area contributed by atoms with Crippen molar-refractivity contribution in [1.82, 2.24) is 0 Å². The smallest absolute Gasteiger partial charge is 0.338 e. The zero-order valence-electron chi connectivity index (χ0n) is 8.23. The number of rotatable bonds is 2. The molecule has 2 nitrogen and oxygen atoms in total. The minimum atomic E-state index is -0.463. The minimum Gasteiger partial charge on any atom is -0.456 e. The van der Waals surface area contributed by atoms with Crippen molar-refractivity contribution in [2.24, 2.45) is 0 Å². The lowest BCUT2D eigenvalue weighted by atomic mass is 10.1. The molecule has 0 amide bonds. The molecule has 0 spiro atoms. The molecular weight excluding hydrogens is 152 g/mol. The average molecular weight is 168 g/mol. The van der Waals surface area contributed by atoms with Crippen LogP contribution in [0.5, 0.6) is 0 Å². The monoisotopic (exact) mass is 168 g/mol. The van der Waals surface area contributed by atoms with E-state index in [9.17, 15) is 4.79 Å². The highest BCUT2D eigenvalue weighted by Crippen LogP contribution is 2.13. The van der Waals surface area contributed by atoms with Crippen LogP contribution in [0.1, 0.15) is 27.7 Å². The van der Waals surface area contributed by atoms with Gasteiger partial charge < -0.3 is 4.74 Å². The van der Waals surface area contributed by atoms with E-state index in [2.05, 4.69) is 13.2 Å². The summed E-state index contributed by atoms with van der Waals surface area (Å²) in [6.07, 6.45) is 0. The predicted octanol–water partition coefficient (Wildman–Crippen LogP) is 2.46. The fraction of sp³-hybridized carbons (Fsp3) is 0.500. The summed E-state index contributed by atoms with van der Waals surface area (Å²) >= 11 is 0. The summed E-state index contributed by atoms with van der Waals surface area (Å²) in [7, 11) is 0. The molecule has 0 aliphatic carbocycles. The van der Waals surface area contributed by atoms with E-state index in [0.29, 0.717) is 11.1 Å². The topological polar surface area (TPSA) is 26.3 Å². The lowest BCUT2D eigenvalue weighted by molar-refractivity contribution is -0.149. The first kappa shape index (κ1) is 11.0. The average Bonchev–Trinajstić information content (AvgIpc) is 1.82. The normalized spacial score (nSPS) is 10.7.